The summed E-state index contributed by atoms with van der Waals surface area (Å²) < 4.78 is 11.0. The van der Waals surface area contributed by atoms with Crippen LogP contribution in [-0.2, 0) is 9.59 Å². The standard InChI is InChI=1S/C23H26N2O5/c1-3-4-12-24-23(28)16(2)25-19-13-17(10-11-21(19)30-15-22(25)27)20(26)14-29-18-8-6-5-7-9-18/h5-11,13,16H,3-4,12,14-15H2,1-2H3,(H,24,28)/t16-/m0/s1. The molecule has 158 valence electrons. The first-order valence-electron chi connectivity index (χ1n) is 10.1. The summed E-state index contributed by atoms with van der Waals surface area (Å²) in [5.41, 5.74) is 0.793. The maximum Gasteiger partial charge on any atom is 0.265 e. The third-order valence-corrected chi connectivity index (χ3v) is 4.87. The molecule has 0 radical (unpaired) electrons. The lowest BCUT2D eigenvalue weighted by atomic mass is 10.1. The average Bonchev–Trinajstić information content (AvgIpc) is 2.77. The lowest BCUT2D eigenvalue weighted by molar-refractivity contribution is -0.127. The van der Waals surface area contributed by atoms with Gasteiger partial charge in [0.05, 0.1) is 5.69 Å². The van der Waals surface area contributed by atoms with Crippen LogP contribution < -0.4 is 19.7 Å². The van der Waals surface area contributed by atoms with Crippen molar-refractivity contribution in [2.24, 2.45) is 0 Å². The quantitative estimate of drug-likeness (QED) is 0.507. The van der Waals surface area contributed by atoms with Gasteiger partial charge in [-0.3, -0.25) is 19.3 Å². The van der Waals surface area contributed by atoms with Crippen molar-refractivity contribution in [3.63, 3.8) is 0 Å². The molecule has 0 aromatic heterocycles. The van der Waals surface area contributed by atoms with E-state index >= 15 is 0 Å². The van der Waals surface area contributed by atoms with Gasteiger partial charge in [-0.2, -0.15) is 0 Å². The van der Waals surface area contributed by atoms with E-state index in [9.17, 15) is 14.4 Å². The van der Waals surface area contributed by atoms with Crippen LogP contribution in [0.3, 0.4) is 0 Å². The van der Waals surface area contributed by atoms with Gasteiger partial charge in [0, 0.05) is 12.1 Å². The molecule has 0 unspecified atom stereocenters. The van der Waals surface area contributed by atoms with Crippen molar-refractivity contribution >= 4 is 23.3 Å². The summed E-state index contributed by atoms with van der Waals surface area (Å²) in [7, 11) is 0. The minimum atomic E-state index is -0.720. The Kier molecular flexibility index (Phi) is 7.06. The van der Waals surface area contributed by atoms with Gasteiger partial charge in [-0.05, 0) is 43.7 Å². The largest absolute Gasteiger partial charge is 0.485 e. The fraction of sp³-hybridized carbons (Fsp3) is 0.348. The molecule has 0 aliphatic carbocycles. The third kappa shape index (κ3) is 4.97. The highest BCUT2D eigenvalue weighted by Gasteiger charge is 2.33. The van der Waals surface area contributed by atoms with Gasteiger partial charge in [-0.1, -0.05) is 31.5 Å². The highest BCUT2D eigenvalue weighted by atomic mass is 16.5. The molecule has 2 amide bonds. The monoisotopic (exact) mass is 410 g/mol. The second-order valence-electron chi connectivity index (χ2n) is 7.08. The lowest BCUT2D eigenvalue weighted by Gasteiger charge is -2.33. The maximum absolute atomic E-state index is 12.6. The van der Waals surface area contributed by atoms with E-state index in [1.807, 2.05) is 25.1 Å². The molecule has 3 rings (SSSR count). The number of rotatable bonds is 9. The molecule has 1 atom stereocenters. The molecule has 1 N–H and O–H groups in total. The number of benzene rings is 2. The van der Waals surface area contributed by atoms with Crippen molar-refractivity contribution in [1.82, 2.24) is 5.32 Å². The SMILES string of the molecule is CCCCNC(=O)[C@H](C)N1C(=O)COc2ccc(C(=O)COc3ccccc3)cc21. The fourth-order valence-electron chi connectivity index (χ4n) is 3.17. The minimum Gasteiger partial charge on any atom is -0.485 e. The topological polar surface area (TPSA) is 84.9 Å². The molecule has 0 saturated carbocycles. The summed E-state index contributed by atoms with van der Waals surface area (Å²) in [6, 6.07) is 13.2. The molecule has 2 aromatic rings. The maximum atomic E-state index is 12.6. The lowest BCUT2D eigenvalue weighted by Crippen LogP contribution is -2.51. The van der Waals surface area contributed by atoms with E-state index in [-0.39, 0.29) is 30.8 Å². The van der Waals surface area contributed by atoms with E-state index in [1.54, 1.807) is 37.3 Å². The Morgan fingerprint density at radius 3 is 2.70 bits per heavy atom. The smallest absolute Gasteiger partial charge is 0.265 e. The Bertz CT molecular complexity index is 913. The summed E-state index contributed by atoms with van der Waals surface area (Å²) >= 11 is 0. The zero-order valence-electron chi connectivity index (χ0n) is 17.2. The number of ketones is 1. The summed E-state index contributed by atoms with van der Waals surface area (Å²) in [6.07, 6.45) is 1.83. The van der Waals surface area contributed by atoms with Gasteiger partial charge in [0.25, 0.3) is 5.91 Å². The number of nitrogens with one attached hydrogen (secondary N) is 1. The van der Waals surface area contributed by atoms with Crippen LogP contribution in [0.5, 0.6) is 11.5 Å². The van der Waals surface area contributed by atoms with E-state index in [0.29, 0.717) is 29.3 Å². The van der Waals surface area contributed by atoms with Crippen LogP contribution in [0.1, 0.15) is 37.0 Å². The molecule has 7 heteroatoms. The van der Waals surface area contributed by atoms with Crippen LogP contribution in [-0.4, -0.2) is 43.4 Å². The van der Waals surface area contributed by atoms with Gasteiger partial charge in [0.2, 0.25) is 5.91 Å². The van der Waals surface area contributed by atoms with Gasteiger partial charge in [-0.15, -0.1) is 0 Å². The second kappa shape index (κ2) is 9.91. The Hall–Kier alpha value is -3.35. The molecule has 30 heavy (non-hydrogen) atoms. The van der Waals surface area contributed by atoms with Crippen LogP contribution in [0, 0.1) is 0 Å². The molecule has 2 aromatic carbocycles. The van der Waals surface area contributed by atoms with E-state index < -0.39 is 6.04 Å². The number of anilines is 1. The number of carbonyl (C=O) groups is 3. The van der Waals surface area contributed by atoms with Gasteiger partial charge < -0.3 is 14.8 Å². The molecule has 1 aliphatic rings. The average molecular weight is 410 g/mol. The van der Waals surface area contributed by atoms with E-state index in [4.69, 9.17) is 9.47 Å². The summed E-state index contributed by atoms with van der Waals surface area (Å²) in [5.74, 6) is 0.254. The van der Waals surface area contributed by atoms with Crippen LogP contribution in [0.15, 0.2) is 48.5 Å². The van der Waals surface area contributed by atoms with Crippen molar-refractivity contribution in [3.8, 4) is 11.5 Å². The van der Waals surface area contributed by atoms with Gasteiger partial charge in [0.15, 0.2) is 19.0 Å². The van der Waals surface area contributed by atoms with Gasteiger partial charge >= 0.3 is 0 Å². The number of hydrogen-bond donors (Lipinski definition) is 1. The summed E-state index contributed by atoms with van der Waals surface area (Å²) in [6.45, 7) is 3.98. The zero-order chi connectivity index (χ0) is 21.5. The first kappa shape index (κ1) is 21.4. The number of hydrogen-bond acceptors (Lipinski definition) is 5. The number of nitrogens with zero attached hydrogens (tertiary/aromatic N) is 1. The van der Waals surface area contributed by atoms with Crippen LogP contribution in [0.2, 0.25) is 0 Å². The summed E-state index contributed by atoms with van der Waals surface area (Å²) in [5, 5.41) is 2.85. The van der Waals surface area contributed by atoms with E-state index in [0.717, 1.165) is 12.8 Å². The van der Waals surface area contributed by atoms with E-state index in [2.05, 4.69) is 5.32 Å². The number of ether oxygens (including phenoxy) is 2. The normalized spacial score (nSPS) is 13.8. The third-order valence-electron chi connectivity index (χ3n) is 4.87. The molecule has 1 aliphatic heterocycles. The molecule has 7 nitrogen and oxygen atoms in total. The summed E-state index contributed by atoms with van der Waals surface area (Å²) in [4.78, 5) is 39.1. The number of carbonyl (C=O) groups excluding carboxylic acids is 3. The zero-order valence-corrected chi connectivity index (χ0v) is 17.2. The van der Waals surface area contributed by atoms with Crippen molar-refractivity contribution in [2.45, 2.75) is 32.7 Å². The van der Waals surface area contributed by atoms with Crippen LogP contribution in [0.4, 0.5) is 5.69 Å². The molecule has 0 spiro atoms. The number of Topliss-reactive ketones (excluding diaryl/α,β-unsaturated/α-hetero) is 1. The van der Waals surface area contributed by atoms with Gasteiger partial charge in [0.1, 0.15) is 17.5 Å². The van der Waals surface area contributed by atoms with Crippen LogP contribution >= 0.6 is 0 Å². The van der Waals surface area contributed by atoms with Crippen molar-refractivity contribution in [1.29, 1.82) is 0 Å². The van der Waals surface area contributed by atoms with Crippen LogP contribution in [0.25, 0.3) is 0 Å². The van der Waals surface area contributed by atoms with Crippen molar-refractivity contribution in [3.05, 3.63) is 54.1 Å². The highest BCUT2D eigenvalue weighted by molar-refractivity contribution is 6.05. The van der Waals surface area contributed by atoms with Crippen molar-refractivity contribution < 1.29 is 23.9 Å². The van der Waals surface area contributed by atoms with Gasteiger partial charge in [-0.25, -0.2) is 0 Å². The first-order chi connectivity index (χ1) is 14.5. The molecular weight excluding hydrogens is 384 g/mol. The highest BCUT2D eigenvalue weighted by Crippen LogP contribution is 2.34. The minimum absolute atomic E-state index is 0.134. The predicted octanol–water partition coefficient (Wildman–Crippen LogP) is 2.98. The molecule has 0 fully saturated rings. The first-order valence-corrected chi connectivity index (χ1v) is 10.1. The number of unbranched alkanes of at least 4 members (excludes halogenated alkanes) is 1. The number of amides is 2. The Balaban J connectivity index is 1.77. The molecular formula is C23H26N2O5. The Morgan fingerprint density at radius 1 is 1.20 bits per heavy atom. The van der Waals surface area contributed by atoms with E-state index in [1.165, 1.54) is 4.90 Å². The molecule has 1 heterocycles. The van der Waals surface area contributed by atoms with Crippen molar-refractivity contribution in [2.75, 3.05) is 24.7 Å². The Labute approximate surface area is 176 Å². The number of para-hydroxylation sites is 1. The molecule has 0 saturated heterocycles. The second-order valence-corrected chi connectivity index (χ2v) is 7.08. The number of fused-ring (bicyclic) bond motifs is 1. The predicted molar refractivity (Wildman–Crippen MR) is 113 cm³/mol. The molecule has 0 bridgehead atoms. The Morgan fingerprint density at radius 2 is 1.97 bits per heavy atom. The fourth-order valence-corrected chi connectivity index (χ4v) is 3.17.